The van der Waals surface area contributed by atoms with E-state index in [0.29, 0.717) is 10.6 Å². The normalized spacial score (nSPS) is 11.2. The van der Waals surface area contributed by atoms with E-state index in [4.69, 9.17) is 46.4 Å². The van der Waals surface area contributed by atoms with Crippen molar-refractivity contribution in [2.24, 2.45) is 0 Å². The minimum Gasteiger partial charge on any atom is -0.318 e. The van der Waals surface area contributed by atoms with Gasteiger partial charge in [-0.2, -0.15) is 0 Å². The minimum atomic E-state index is -3.52. The predicted molar refractivity (Wildman–Crippen MR) is 102 cm³/mol. The summed E-state index contributed by atoms with van der Waals surface area (Å²) in [6, 6.07) is 17.2. The van der Waals surface area contributed by atoms with Crippen molar-refractivity contribution in [3.63, 3.8) is 0 Å². The van der Waals surface area contributed by atoms with E-state index in [1.807, 2.05) is 0 Å². The van der Waals surface area contributed by atoms with E-state index in [-0.39, 0.29) is 9.93 Å². The van der Waals surface area contributed by atoms with Crippen LogP contribution in [-0.4, -0.2) is 10.7 Å². The molecule has 24 heavy (non-hydrogen) atoms. The Kier molecular flexibility index (Phi) is 6.79. The molecule has 1 N–H and O–H groups in total. The lowest BCUT2D eigenvalue weighted by atomic mass is 10.4. The molecular weight excluding hydrogens is 411 g/mol. The fourth-order valence-electron chi connectivity index (χ4n) is 2.10. The van der Waals surface area contributed by atoms with Crippen LogP contribution in [0.4, 0.5) is 0 Å². The molecule has 0 atom stereocenters. The van der Waals surface area contributed by atoms with Gasteiger partial charge in [-0.3, -0.25) is 4.79 Å². The van der Waals surface area contributed by atoms with E-state index in [1.54, 1.807) is 60.7 Å². The van der Waals surface area contributed by atoms with Crippen molar-refractivity contribution in [3.8, 4) is 0 Å². The maximum absolute atomic E-state index is 14.0. The second-order valence-electron chi connectivity index (χ2n) is 4.68. The Bertz CT molecular complexity index is 747. The number of carbonyl (C=O) groups excluding carboxylic acids is 1. The van der Waals surface area contributed by atoms with Gasteiger partial charge >= 0.3 is 0 Å². The highest BCUT2D eigenvalue weighted by molar-refractivity contribution is 7.82. The summed E-state index contributed by atoms with van der Waals surface area (Å²) in [7, 11) is -3.52. The van der Waals surface area contributed by atoms with E-state index in [1.165, 1.54) is 0 Å². The Morgan fingerprint density at radius 2 is 1.29 bits per heavy atom. The average Bonchev–Trinajstić information content (AvgIpc) is 2.60. The lowest BCUT2D eigenvalue weighted by Crippen LogP contribution is -2.32. The fourth-order valence-corrected chi connectivity index (χ4v) is 5.52. The third-order valence-corrected chi connectivity index (χ3v) is 7.23. The summed E-state index contributed by atoms with van der Waals surface area (Å²) >= 11 is 23.0. The number of rotatable bonds is 5. The Balaban J connectivity index is 2.68. The lowest BCUT2D eigenvalue weighted by Gasteiger charge is -2.23. The quantitative estimate of drug-likeness (QED) is 0.568. The highest BCUT2D eigenvalue weighted by atomic mass is 35.5. The Hall–Kier alpha value is -0.960. The minimum absolute atomic E-state index is 0.125. The van der Waals surface area contributed by atoms with Crippen LogP contribution in [0.3, 0.4) is 0 Å². The van der Waals surface area contributed by atoms with E-state index < -0.39 is 17.9 Å². The molecule has 8 heteroatoms. The maximum atomic E-state index is 14.0. The van der Waals surface area contributed by atoms with Crippen LogP contribution >= 0.6 is 53.5 Å². The van der Waals surface area contributed by atoms with Gasteiger partial charge in [-0.1, -0.05) is 107 Å². The Morgan fingerprint density at radius 3 is 1.62 bits per heavy atom. The molecule has 1 amide bonds. The summed E-state index contributed by atoms with van der Waals surface area (Å²) in [5, 5.41) is 3.33. The van der Waals surface area contributed by atoms with Crippen molar-refractivity contribution < 1.29 is 9.36 Å². The van der Waals surface area contributed by atoms with Crippen LogP contribution in [0.15, 0.2) is 70.6 Å². The van der Waals surface area contributed by atoms with Crippen LogP contribution in [-0.2, 0) is 9.36 Å². The van der Waals surface area contributed by atoms with Crippen molar-refractivity contribution in [3.05, 3.63) is 70.6 Å². The van der Waals surface area contributed by atoms with Gasteiger partial charge < -0.3 is 9.88 Å². The summed E-state index contributed by atoms with van der Waals surface area (Å²) in [5.41, 5.74) is -0.125. The van der Waals surface area contributed by atoms with Gasteiger partial charge in [-0.05, 0) is 0 Å². The van der Waals surface area contributed by atoms with Crippen molar-refractivity contribution in [2.75, 3.05) is 0 Å². The summed E-state index contributed by atoms with van der Waals surface area (Å²) in [4.78, 5) is 10.6. The summed E-state index contributed by atoms with van der Waals surface area (Å²) in [6.07, 6.45) is 0. The summed E-state index contributed by atoms with van der Waals surface area (Å²) < 4.78 is 13.7. The molecule has 0 aliphatic rings. The van der Waals surface area contributed by atoms with Crippen molar-refractivity contribution >= 4 is 70.1 Å². The van der Waals surface area contributed by atoms with Gasteiger partial charge in [-0.25, -0.2) is 0 Å². The van der Waals surface area contributed by atoms with Gasteiger partial charge in [0.1, 0.15) is 9.93 Å². The van der Waals surface area contributed by atoms with Gasteiger partial charge in [0.05, 0.1) is 0 Å². The van der Waals surface area contributed by atoms with E-state index in [0.717, 1.165) is 0 Å². The highest BCUT2D eigenvalue weighted by Crippen LogP contribution is 2.52. The molecule has 0 bridgehead atoms. The molecule has 2 rings (SSSR count). The van der Waals surface area contributed by atoms with Crippen molar-refractivity contribution in [2.45, 2.75) is 4.84 Å². The molecule has 126 valence electrons. The van der Waals surface area contributed by atoms with Gasteiger partial charge in [0.2, 0.25) is 0 Å². The standard InChI is InChI=1S/C16H12Cl4NO2P/c17-13(18)15(22)21-16(14(19)20)24(23,11-7-3-1-4-8-11)12-9-5-2-6-10-12/h1-10,13H,(H,21,22). The third kappa shape index (κ3) is 4.17. The zero-order valence-corrected chi connectivity index (χ0v) is 16.0. The maximum Gasteiger partial charge on any atom is 0.257 e. The number of halogens is 4. The molecule has 0 saturated heterocycles. The predicted octanol–water partition coefficient (Wildman–Crippen LogP) is 4.52. The fraction of sp³-hybridized carbons (Fsp3) is 0.0625. The molecule has 0 aliphatic heterocycles. The molecule has 2 aromatic carbocycles. The summed E-state index contributed by atoms with van der Waals surface area (Å²) in [6.45, 7) is 0. The SMILES string of the molecule is O=C(NC(=C(Cl)Cl)P(=O)(c1ccccc1)c1ccccc1)C(Cl)Cl. The second kappa shape index (κ2) is 8.42. The van der Waals surface area contributed by atoms with Crippen LogP contribution in [0.2, 0.25) is 0 Å². The first-order chi connectivity index (χ1) is 11.4. The number of alkyl halides is 2. The van der Waals surface area contributed by atoms with Crippen molar-refractivity contribution in [1.82, 2.24) is 5.32 Å². The zero-order chi connectivity index (χ0) is 17.7. The number of hydrogen-bond acceptors (Lipinski definition) is 2. The second-order valence-corrected chi connectivity index (χ2v) is 9.42. The largest absolute Gasteiger partial charge is 0.318 e. The molecular formula is C16H12Cl4NO2P. The molecule has 0 heterocycles. The highest BCUT2D eigenvalue weighted by Gasteiger charge is 2.35. The van der Waals surface area contributed by atoms with E-state index >= 15 is 0 Å². The number of hydrogen-bond donors (Lipinski definition) is 1. The van der Waals surface area contributed by atoms with Crippen LogP contribution < -0.4 is 15.9 Å². The van der Waals surface area contributed by atoms with Gasteiger partial charge in [0, 0.05) is 10.6 Å². The topological polar surface area (TPSA) is 46.2 Å². The number of carbonyl (C=O) groups is 1. The first kappa shape index (κ1) is 19.4. The monoisotopic (exact) mass is 421 g/mol. The van der Waals surface area contributed by atoms with Crippen LogP contribution in [0.5, 0.6) is 0 Å². The molecule has 0 saturated carbocycles. The van der Waals surface area contributed by atoms with E-state index in [9.17, 15) is 9.36 Å². The average molecular weight is 423 g/mol. The van der Waals surface area contributed by atoms with Crippen LogP contribution in [0, 0.1) is 0 Å². The number of nitrogens with one attached hydrogen (secondary N) is 1. The van der Waals surface area contributed by atoms with Crippen molar-refractivity contribution in [1.29, 1.82) is 0 Å². The Labute approximate surface area is 159 Å². The number of benzene rings is 2. The van der Waals surface area contributed by atoms with E-state index in [2.05, 4.69) is 5.32 Å². The molecule has 0 aliphatic carbocycles. The van der Waals surface area contributed by atoms with Crippen LogP contribution in [0.25, 0.3) is 0 Å². The first-order valence-corrected chi connectivity index (χ1v) is 10.1. The van der Waals surface area contributed by atoms with Gasteiger partial charge in [-0.15, -0.1) is 0 Å². The molecule has 0 fully saturated rings. The first-order valence-electron chi connectivity index (χ1n) is 6.73. The Morgan fingerprint density at radius 1 is 0.875 bits per heavy atom. The molecule has 0 aromatic heterocycles. The molecule has 0 radical (unpaired) electrons. The lowest BCUT2D eigenvalue weighted by molar-refractivity contribution is -0.118. The van der Waals surface area contributed by atoms with Crippen LogP contribution in [0.1, 0.15) is 0 Å². The smallest absolute Gasteiger partial charge is 0.257 e. The molecule has 0 spiro atoms. The molecule has 0 unspecified atom stereocenters. The summed E-state index contributed by atoms with van der Waals surface area (Å²) in [5.74, 6) is -0.765. The van der Waals surface area contributed by atoms with Gasteiger partial charge in [0.15, 0.2) is 12.0 Å². The zero-order valence-electron chi connectivity index (χ0n) is 12.1. The molecule has 3 nitrogen and oxygen atoms in total. The third-order valence-electron chi connectivity index (χ3n) is 3.17. The molecule has 2 aromatic rings. The number of amides is 1. The van der Waals surface area contributed by atoms with Gasteiger partial charge in [0.25, 0.3) is 5.91 Å².